The molecule has 1 aromatic rings. The molecule has 1 aromatic carbocycles. The van der Waals surface area contributed by atoms with Crippen molar-refractivity contribution in [2.24, 2.45) is 0 Å². The first-order chi connectivity index (χ1) is 6.23. The van der Waals surface area contributed by atoms with Gasteiger partial charge >= 0.3 is 0 Å². The summed E-state index contributed by atoms with van der Waals surface area (Å²) in [6.07, 6.45) is 0. The lowest BCUT2D eigenvalue weighted by Crippen LogP contribution is -2.23. The van der Waals surface area contributed by atoms with Crippen molar-refractivity contribution < 1.29 is 4.74 Å². The minimum Gasteiger partial charge on any atom is -0.356 e. The van der Waals surface area contributed by atoms with Crippen LogP contribution in [0.25, 0.3) is 0 Å². The second-order valence-corrected chi connectivity index (χ2v) is 2.94. The molecule has 0 saturated carbocycles. The molecule has 1 unspecified atom stereocenters. The third-order valence-corrected chi connectivity index (χ3v) is 1.97. The predicted octanol–water partition coefficient (Wildman–Crippen LogP) is 2.46. The molecule has 68 valence electrons. The van der Waals surface area contributed by atoms with Gasteiger partial charge in [-0.3, -0.25) is 0 Å². The zero-order chi connectivity index (χ0) is 9.73. The van der Waals surface area contributed by atoms with E-state index in [0.29, 0.717) is 6.61 Å². The number of hydrogen-bond donors (Lipinski definition) is 0. The number of hydrogen-bond acceptors (Lipinski definition) is 2. The Kier molecular flexibility index (Phi) is 3.05. The highest BCUT2D eigenvalue weighted by atomic mass is 16.5. The molecule has 0 aromatic heterocycles. The van der Waals surface area contributed by atoms with Gasteiger partial charge in [0.25, 0.3) is 0 Å². The molecule has 2 nitrogen and oxygen atoms in total. The third-order valence-electron chi connectivity index (χ3n) is 1.97. The van der Waals surface area contributed by atoms with Gasteiger partial charge in [0.05, 0.1) is 0 Å². The van der Waals surface area contributed by atoms with Gasteiger partial charge in [0, 0.05) is 6.61 Å². The Labute approximate surface area is 78.8 Å². The van der Waals surface area contributed by atoms with Crippen molar-refractivity contribution >= 4 is 0 Å². The van der Waals surface area contributed by atoms with Gasteiger partial charge < -0.3 is 4.74 Å². The van der Waals surface area contributed by atoms with Gasteiger partial charge in [-0.25, -0.2) is 0 Å². The average molecular weight is 175 g/mol. The predicted molar refractivity (Wildman–Crippen MR) is 51.0 cm³/mol. The Morgan fingerprint density at radius 2 is 2.00 bits per heavy atom. The van der Waals surface area contributed by atoms with Crippen molar-refractivity contribution in [1.82, 2.24) is 0 Å². The lowest BCUT2D eigenvalue weighted by Gasteiger charge is -2.21. The molecule has 0 amide bonds. The number of benzene rings is 1. The molecule has 0 radical (unpaired) electrons. The van der Waals surface area contributed by atoms with Crippen LogP contribution in [0.1, 0.15) is 19.4 Å². The van der Waals surface area contributed by atoms with E-state index in [1.807, 2.05) is 37.3 Å². The minimum atomic E-state index is -0.810. The lowest BCUT2D eigenvalue weighted by molar-refractivity contribution is 0.0167. The summed E-state index contributed by atoms with van der Waals surface area (Å²) in [6.45, 7) is 4.21. The fraction of sp³-hybridized carbons (Fsp3) is 0.364. The Morgan fingerprint density at radius 3 is 2.46 bits per heavy atom. The van der Waals surface area contributed by atoms with Gasteiger partial charge in [0.15, 0.2) is 5.60 Å². The monoisotopic (exact) mass is 175 g/mol. The van der Waals surface area contributed by atoms with E-state index in [1.54, 1.807) is 6.92 Å². The summed E-state index contributed by atoms with van der Waals surface area (Å²) in [5.74, 6) is 0. The molecule has 0 N–H and O–H groups in total. The second-order valence-electron chi connectivity index (χ2n) is 2.94. The molecule has 0 bridgehead atoms. The largest absolute Gasteiger partial charge is 0.356 e. The van der Waals surface area contributed by atoms with Crippen LogP contribution >= 0.6 is 0 Å². The molecule has 0 spiro atoms. The summed E-state index contributed by atoms with van der Waals surface area (Å²) in [6, 6.07) is 11.7. The number of nitriles is 1. The van der Waals surface area contributed by atoms with Crippen molar-refractivity contribution in [2.45, 2.75) is 19.4 Å². The SMILES string of the molecule is CCOC(C)(C#N)c1ccccc1. The van der Waals surface area contributed by atoms with Crippen LogP contribution in [0.15, 0.2) is 30.3 Å². The molecule has 0 heterocycles. The van der Waals surface area contributed by atoms with Crippen LogP contribution in [0.2, 0.25) is 0 Å². The standard InChI is InChI=1S/C11H13NO/c1-3-13-11(2,9-12)10-7-5-4-6-8-10/h4-8H,3H2,1-2H3. The van der Waals surface area contributed by atoms with Crippen molar-refractivity contribution in [3.63, 3.8) is 0 Å². The smallest absolute Gasteiger partial charge is 0.176 e. The van der Waals surface area contributed by atoms with Gasteiger partial charge in [-0.1, -0.05) is 30.3 Å². The number of ether oxygens (including phenoxy) is 1. The van der Waals surface area contributed by atoms with E-state index >= 15 is 0 Å². The first-order valence-electron chi connectivity index (χ1n) is 4.33. The number of nitrogens with zero attached hydrogens (tertiary/aromatic N) is 1. The fourth-order valence-corrected chi connectivity index (χ4v) is 1.23. The molecule has 0 saturated heterocycles. The van der Waals surface area contributed by atoms with Crippen molar-refractivity contribution in [2.75, 3.05) is 6.61 Å². The van der Waals surface area contributed by atoms with E-state index in [1.165, 1.54) is 0 Å². The van der Waals surface area contributed by atoms with Gasteiger partial charge in [-0.2, -0.15) is 5.26 Å². The molecule has 1 atom stereocenters. The summed E-state index contributed by atoms with van der Waals surface area (Å²) >= 11 is 0. The Morgan fingerprint density at radius 1 is 1.38 bits per heavy atom. The van der Waals surface area contributed by atoms with Gasteiger partial charge in [0.1, 0.15) is 6.07 Å². The maximum absolute atomic E-state index is 8.99. The van der Waals surface area contributed by atoms with E-state index in [2.05, 4.69) is 6.07 Å². The molecule has 0 aliphatic carbocycles. The van der Waals surface area contributed by atoms with E-state index in [0.717, 1.165) is 5.56 Å². The van der Waals surface area contributed by atoms with Crippen LogP contribution in [0.4, 0.5) is 0 Å². The van der Waals surface area contributed by atoms with Gasteiger partial charge in [-0.05, 0) is 19.4 Å². The average Bonchev–Trinajstić information content (AvgIpc) is 2.19. The van der Waals surface area contributed by atoms with Crippen LogP contribution in [-0.4, -0.2) is 6.61 Å². The second kappa shape index (κ2) is 4.06. The zero-order valence-electron chi connectivity index (χ0n) is 7.95. The quantitative estimate of drug-likeness (QED) is 0.707. The van der Waals surface area contributed by atoms with Crippen molar-refractivity contribution in [1.29, 1.82) is 5.26 Å². The summed E-state index contributed by atoms with van der Waals surface area (Å²) in [4.78, 5) is 0. The van der Waals surface area contributed by atoms with Crippen LogP contribution in [0, 0.1) is 11.3 Å². The van der Waals surface area contributed by atoms with Gasteiger partial charge in [0.2, 0.25) is 0 Å². The normalized spacial score (nSPS) is 14.5. The highest BCUT2D eigenvalue weighted by Gasteiger charge is 2.25. The van der Waals surface area contributed by atoms with E-state index < -0.39 is 5.60 Å². The van der Waals surface area contributed by atoms with E-state index in [-0.39, 0.29) is 0 Å². The molecule has 1 rings (SSSR count). The third kappa shape index (κ3) is 2.07. The highest BCUT2D eigenvalue weighted by Crippen LogP contribution is 2.23. The van der Waals surface area contributed by atoms with Gasteiger partial charge in [-0.15, -0.1) is 0 Å². The van der Waals surface area contributed by atoms with Crippen LogP contribution in [0.3, 0.4) is 0 Å². The van der Waals surface area contributed by atoms with E-state index in [9.17, 15) is 0 Å². The first-order valence-corrected chi connectivity index (χ1v) is 4.33. The topological polar surface area (TPSA) is 33.0 Å². The zero-order valence-corrected chi connectivity index (χ0v) is 7.95. The van der Waals surface area contributed by atoms with Crippen LogP contribution in [0.5, 0.6) is 0 Å². The summed E-state index contributed by atoms with van der Waals surface area (Å²) in [5, 5.41) is 8.99. The van der Waals surface area contributed by atoms with Crippen molar-refractivity contribution in [3.05, 3.63) is 35.9 Å². The molecule has 0 aliphatic rings. The maximum Gasteiger partial charge on any atom is 0.176 e. The Hall–Kier alpha value is -1.33. The first kappa shape index (κ1) is 9.76. The van der Waals surface area contributed by atoms with Crippen molar-refractivity contribution in [3.8, 4) is 6.07 Å². The van der Waals surface area contributed by atoms with Crippen LogP contribution < -0.4 is 0 Å². The molecule has 0 fully saturated rings. The summed E-state index contributed by atoms with van der Waals surface area (Å²) in [7, 11) is 0. The summed E-state index contributed by atoms with van der Waals surface area (Å²) < 4.78 is 5.40. The molecular formula is C11H13NO. The Bertz CT molecular complexity index is 302. The molecule has 0 aliphatic heterocycles. The fourth-order valence-electron chi connectivity index (χ4n) is 1.23. The van der Waals surface area contributed by atoms with E-state index in [4.69, 9.17) is 10.00 Å². The number of rotatable bonds is 3. The highest BCUT2D eigenvalue weighted by molar-refractivity contribution is 5.27. The minimum absolute atomic E-state index is 0.541. The Balaban J connectivity index is 2.98. The van der Waals surface area contributed by atoms with Crippen LogP contribution in [-0.2, 0) is 10.3 Å². The molecule has 13 heavy (non-hydrogen) atoms. The maximum atomic E-state index is 8.99. The lowest BCUT2D eigenvalue weighted by atomic mass is 9.98. The molecular weight excluding hydrogens is 162 g/mol. The summed E-state index contributed by atoms with van der Waals surface area (Å²) in [5.41, 5.74) is 0.0927. The molecule has 2 heteroatoms.